The summed E-state index contributed by atoms with van der Waals surface area (Å²) in [5.74, 6) is 1.38. The Morgan fingerprint density at radius 2 is 2.06 bits per heavy atom. The van der Waals surface area contributed by atoms with E-state index in [9.17, 15) is 0 Å². The Morgan fingerprint density at radius 1 is 1.38 bits per heavy atom. The van der Waals surface area contributed by atoms with E-state index in [-0.39, 0.29) is 6.61 Å². The highest BCUT2D eigenvalue weighted by Crippen LogP contribution is 2.33. The maximum Gasteiger partial charge on any atom is 0.136 e. The minimum atomic E-state index is 0.215. The van der Waals surface area contributed by atoms with Crippen molar-refractivity contribution in [3.8, 4) is 5.75 Å². The summed E-state index contributed by atoms with van der Waals surface area (Å²) in [5, 5.41) is 8.89. The number of hydrogen-bond donors (Lipinski definition) is 1. The highest BCUT2D eigenvalue weighted by molar-refractivity contribution is 9.10. The van der Waals surface area contributed by atoms with Gasteiger partial charge in [-0.3, -0.25) is 0 Å². The van der Waals surface area contributed by atoms with Crippen LogP contribution in [0.2, 0.25) is 0 Å². The number of halogens is 1. The molecule has 2 nitrogen and oxygen atoms in total. The van der Waals surface area contributed by atoms with Gasteiger partial charge in [-0.15, -0.1) is 0 Å². The number of hydrogen-bond acceptors (Lipinski definition) is 2. The highest BCUT2D eigenvalue weighted by atomic mass is 79.9. The molecular weight excluding hydrogens is 268 g/mol. The van der Waals surface area contributed by atoms with Crippen LogP contribution < -0.4 is 4.74 Å². The van der Waals surface area contributed by atoms with E-state index in [0.29, 0.717) is 5.92 Å². The zero-order valence-corrected chi connectivity index (χ0v) is 11.7. The molecule has 1 N–H and O–H groups in total. The third kappa shape index (κ3) is 3.22. The molecule has 0 amide bonds. The standard InChI is InChI=1S/C13H19BrO2/c1-9(2)11-7-10(5-4-6-15)13(16-3)12(14)8-11/h7-9,15H,4-6H2,1-3H3. The minimum absolute atomic E-state index is 0.215. The zero-order valence-electron chi connectivity index (χ0n) is 10.1. The van der Waals surface area contributed by atoms with Gasteiger partial charge in [0.2, 0.25) is 0 Å². The number of ether oxygens (including phenoxy) is 1. The predicted molar refractivity (Wildman–Crippen MR) is 70.2 cm³/mol. The van der Waals surface area contributed by atoms with Crippen LogP contribution in [0.3, 0.4) is 0 Å². The normalized spacial score (nSPS) is 10.9. The van der Waals surface area contributed by atoms with Crippen LogP contribution in [-0.2, 0) is 6.42 Å². The monoisotopic (exact) mass is 286 g/mol. The second-order valence-corrected chi connectivity index (χ2v) is 5.03. The Hall–Kier alpha value is -0.540. The van der Waals surface area contributed by atoms with Gasteiger partial charge in [-0.2, -0.15) is 0 Å². The van der Waals surface area contributed by atoms with Crippen LogP contribution in [0.15, 0.2) is 16.6 Å². The first kappa shape index (κ1) is 13.5. The van der Waals surface area contributed by atoms with Crippen LogP contribution in [0.5, 0.6) is 5.75 Å². The first-order valence-electron chi connectivity index (χ1n) is 5.57. The quantitative estimate of drug-likeness (QED) is 0.898. The number of rotatable bonds is 5. The lowest BCUT2D eigenvalue weighted by molar-refractivity contribution is 0.287. The smallest absolute Gasteiger partial charge is 0.136 e. The molecule has 1 aromatic carbocycles. The van der Waals surface area contributed by atoms with Gasteiger partial charge in [-0.25, -0.2) is 0 Å². The minimum Gasteiger partial charge on any atom is -0.495 e. The van der Waals surface area contributed by atoms with Crippen molar-refractivity contribution in [2.75, 3.05) is 13.7 Å². The first-order valence-corrected chi connectivity index (χ1v) is 6.36. The molecule has 90 valence electrons. The summed E-state index contributed by atoms with van der Waals surface area (Å²) in [6.45, 7) is 4.56. The van der Waals surface area contributed by atoms with Crippen LogP contribution in [0.1, 0.15) is 37.3 Å². The van der Waals surface area contributed by atoms with Crippen LogP contribution in [0.4, 0.5) is 0 Å². The molecular formula is C13H19BrO2. The van der Waals surface area contributed by atoms with Crippen molar-refractivity contribution < 1.29 is 9.84 Å². The summed E-state index contributed by atoms with van der Waals surface area (Å²) in [7, 11) is 1.68. The van der Waals surface area contributed by atoms with E-state index in [4.69, 9.17) is 9.84 Å². The Morgan fingerprint density at radius 3 is 2.56 bits per heavy atom. The first-order chi connectivity index (χ1) is 7.60. The summed E-state index contributed by atoms with van der Waals surface area (Å²) in [6.07, 6.45) is 1.61. The molecule has 0 aliphatic heterocycles. The Kier molecular flexibility index (Phi) is 5.29. The molecule has 0 unspecified atom stereocenters. The van der Waals surface area contributed by atoms with Crippen LogP contribution in [0.25, 0.3) is 0 Å². The molecule has 0 spiro atoms. The lowest BCUT2D eigenvalue weighted by Crippen LogP contribution is -1.98. The number of aryl methyl sites for hydroxylation is 1. The number of aliphatic hydroxyl groups is 1. The molecule has 0 aliphatic carbocycles. The molecule has 0 heterocycles. The SMILES string of the molecule is COc1c(Br)cc(C(C)C)cc1CCCO. The van der Waals surface area contributed by atoms with Gasteiger partial charge in [0.1, 0.15) is 5.75 Å². The number of benzene rings is 1. The van der Waals surface area contributed by atoms with Crippen LogP contribution >= 0.6 is 15.9 Å². The predicted octanol–water partition coefficient (Wildman–Crippen LogP) is 3.51. The molecule has 1 aromatic rings. The van der Waals surface area contributed by atoms with E-state index in [1.165, 1.54) is 5.56 Å². The van der Waals surface area contributed by atoms with Crippen molar-refractivity contribution in [3.63, 3.8) is 0 Å². The van der Waals surface area contributed by atoms with Gasteiger partial charge >= 0.3 is 0 Å². The van der Waals surface area contributed by atoms with E-state index in [1.54, 1.807) is 7.11 Å². The largest absolute Gasteiger partial charge is 0.495 e. The van der Waals surface area contributed by atoms with Crippen molar-refractivity contribution >= 4 is 15.9 Å². The Labute approximate surface area is 106 Å². The molecule has 1 rings (SSSR count). The summed E-state index contributed by atoms with van der Waals surface area (Å²) in [5.41, 5.74) is 2.45. The van der Waals surface area contributed by atoms with Crippen molar-refractivity contribution in [1.82, 2.24) is 0 Å². The third-order valence-electron chi connectivity index (χ3n) is 2.62. The molecule has 0 aromatic heterocycles. The second-order valence-electron chi connectivity index (χ2n) is 4.18. The van der Waals surface area contributed by atoms with Crippen molar-refractivity contribution in [1.29, 1.82) is 0 Å². The second kappa shape index (κ2) is 6.26. The van der Waals surface area contributed by atoms with Gasteiger partial charge in [0.05, 0.1) is 11.6 Å². The molecule has 0 fully saturated rings. The topological polar surface area (TPSA) is 29.5 Å². The Balaban J connectivity index is 3.09. The fourth-order valence-electron chi connectivity index (χ4n) is 1.69. The van der Waals surface area contributed by atoms with E-state index in [0.717, 1.165) is 28.6 Å². The summed E-state index contributed by atoms with van der Waals surface area (Å²) < 4.78 is 6.37. The van der Waals surface area contributed by atoms with Crippen LogP contribution in [-0.4, -0.2) is 18.8 Å². The summed E-state index contributed by atoms with van der Waals surface area (Å²) in [4.78, 5) is 0. The molecule has 0 radical (unpaired) electrons. The molecule has 0 atom stereocenters. The highest BCUT2D eigenvalue weighted by Gasteiger charge is 2.11. The van der Waals surface area contributed by atoms with Crippen molar-refractivity contribution in [3.05, 3.63) is 27.7 Å². The Bertz CT molecular complexity index is 348. The number of methoxy groups -OCH3 is 1. The third-order valence-corrected chi connectivity index (χ3v) is 3.21. The maximum absolute atomic E-state index is 8.89. The molecule has 16 heavy (non-hydrogen) atoms. The van der Waals surface area contributed by atoms with E-state index in [2.05, 4.69) is 41.9 Å². The fraction of sp³-hybridized carbons (Fsp3) is 0.538. The maximum atomic E-state index is 8.89. The summed E-state index contributed by atoms with van der Waals surface area (Å²) >= 11 is 3.53. The van der Waals surface area contributed by atoms with E-state index < -0.39 is 0 Å². The molecule has 0 aliphatic rings. The molecule has 0 saturated heterocycles. The lowest BCUT2D eigenvalue weighted by atomic mass is 9.98. The average Bonchev–Trinajstić information content (AvgIpc) is 2.25. The van der Waals surface area contributed by atoms with Gasteiger partial charge in [0, 0.05) is 6.61 Å². The van der Waals surface area contributed by atoms with E-state index in [1.807, 2.05) is 0 Å². The van der Waals surface area contributed by atoms with E-state index >= 15 is 0 Å². The molecule has 0 saturated carbocycles. The molecule has 0 bridgehead atoms. The van der Waals surface area contributed by atoms with Crippen molar-refractivity contribution in [2.45, 2.75) is 32.6 Å². The fourth-order valence-corrected chi connectivity index (χ4v) is 2.37. The van der Waals surface area contributed by atoms with Gasteiger partial charge in [-0.1, -0.05) is 19.9 Å². The van der Waals surface area contributed by atoms with Gasteiger partial charge in [-0.05, 0) is 51.9 Å². The van der Waals surface area contributed by atoms with Crippen LogP contribution in [0, 0.1) is 0 Å². The number of aliphatic hydroxyl groups excluding tert-OH is 1. The summed E-state index contributed by atoms with van der Waals surface area (Å²) in [6, 6.07) is 4.27. The van der Waals surface area contributed by atoms with Gasteiger partial charge in [0.15, 0.2) is 0 Å². The lowest BCUT2D eigenvalue weighted by Gasteiger charge is -2.14. The molecule has 3 heteroatoms. The van der Waals surface area contributed by atoms with Gasteiger partial charge in [0.25, 0.3) is 0 Å². The average molecular weight is 287 g/mol. The van der Waals surface area contributed by atoms with Gasteiger partial charge < -0.3 is 9.84 Å². The zero-order chi connectivity index (χ0) is 12.1. The van der Waals surface area contributed by atoms with Crippen molar-refractivity contribution in [2.24, 2.45) is 0 Å².